The summed E-state index contributed by atoms with van der Waals surface area (Å²) in [6, 6.07) is 57.4. The molecule has 0 bridgehead atoms. The van der Waals surface area contributed by atoms with E-state index in [4.69, 9.17) is 0 Å². The van der Waals surface area contributed by atoms with E-state index in [1.807, 2.05) is 11.3 Å². The number of hydrogen-bond acceptors (Lipinski definition) is 1. The van der Waals surface area contributed by atoms with Crippen molar-refractivity contribution in [3.63, 3.8) is 0 Å². The summed E-state index contributed by atoms with van der Waals surface area (Å²) in [7, 11) is 0. The van der Waals surface area contributed by atoms with Gasteiger partial charge in [0.15, 0.2) is 0 Å². The van der Waals surface area contributed by atoms with Crippen molar-refractivity contribution in [3.05, 3.63) is 190 Å². The zero-order chi connectivity index (χ0) is 37.1. The molecule has 3 aliphatic rings. The summed E-state index contributed by atoms with van der Waals surface area (Å²) >= 11 is 1.95. The third-order valence-corrected chi connectivity index (χ3v) is 14.6. The van der Waals surface area contributed by atoms with Crippen molar-refractivity contribution in [2.24, 2.45) is 5.92 Å². The molecule has 0 spiro atoms. The van der Waals surface area contributed by atoms with Gasteiger partial charge < -0.3 is 0 Å². The molecule has 1 heteroatoms. The first-order valence-electron chi connectivity index (χ1n) is 20.2. The van der Waals surface area contributed by atoms with Gasteiger partial charge in [-0.05, 0) is 118 Å². The van der Waals surface area contributed by atoms with Crippen molar-refractivity contribution < 1.29 is 0 Å². The molecule has 0 N–H and O–H groups in total. The number of allylic oxidation sites excluding steroid dienone is 1. The minimum atomic E-state index is -0.0178. The fourth-order valence-electron chi connectivity index (χ4n) is 11.0. The average Bonchev–Trinajstić information content (AvgIpc) is 3.75. The molecule has 0 nitrogen and oxygen atoms in total. The lowest BCUT2D eigenvalue weighted by atomic mass is 9.65. The van der Waals surface area contributed by atoms with Crippen LogP contribution in [0.2, 0.25) is 0 Å². The third kappa shape index (κ3) is 4.47. The highest BCUT2D eigenvalue weighted by Crippen LogP contribution is 2.61. The molecular formula is C55H40S. The maximum absolute atomic E-state index is 2.58. The van der Waals surface area contributed by atoms with E-state index in [9.17, 15) is 0 Å². The number of fused-ring (bicyclic) bond motifs is 12. The van der Waals surface area contributed by atoms with Crippen molar-refractivity contribution in [1.29, 1.82) is 0 Å². The first-order valence-corrected chi connectivity index (χ1v) is 21.0. The van der Waals surface area contributed by atoms with Gasteiger partial charge in [-0.2, -0.15) is 0 Å². The van der Waals surface area contributed by atoms with Crippen LogP contribution in [0.25, 0.3) is 87.8 Å². The molecule has 2 atom stereocenters. The van der Waals surface area contributed by atoms with E-state index >= 15 is 0 Å². The van der Waals surface area contributed by atoms with Gasteiger partial charge in [-0.3, -0.25) is 0 Å². The lowest BCUT2D eigenvalue weighted by molar-refractivity contribution is 0.403. The van der Waals surface area contributed by atoms with Crippen LogP contribution in [0.4, 0.5) is 0 Å². The highest BCUT2D eigenvalue weighted by Gasteiger charge is 2.50. The van der Waals surface area contributed by atoms with Crippen LogP contribution < -0.4 is 10.4 Å². The topological polar surface area (TPSA) is 0 Å². The van der Waals surface area contributed by atoms with E-state index < -0.39 is 0 Å². The van der Waals surface area contributed by atoms with E-state index in [0.717, 1.165) is 12.8 Å². The normalized spacial score (nSPS) is 17.9. The minimum Gasteiger partial charge on any atom is -0.135 e. The second-order valence-electron chi connectivity index (χ2n) is 16.6. The Morgan fingerprint density at radius 1 is 0.518 bits per heavy atom. The van der Waals surface area contributed by atoms with Crippen LogP contribution in [0.3, 0.4) is 0 Å². The SMILES string of the molecule is CC1(C)c2ccccc2C2c3ccc4c(sc5ccccc54)c3C=C(c3ccc(-c4c5c(c(-c6cccc7ccccc67)c6ccccc46)=CCCC=5)cc3)C21. The molecular weight excluding hydrogens is 693 g/mol. The summed E-state index contributed by atoms with van der Waals surface area (Å²) in [6.07, 6.45) is 9.69. The molecule has 0 radical (unpaired) electrons. The molecule has 0 aliphatic heterocycles. The highest BCUT2D eigenvalue weighted by molar-refractivity contribution is 7.26. The third-order valence-electron chi connectivity index (χ3n) is 13.4. The van der Waals surface area contributed by atoms with Gasteiger partial charge in [0.2, 0.25) is 0 Å². The van der Waals surface area contributed by atoms with Crippen LogP contribution in [0.1, 0.15) is 60.4 Å². The summed E-state index contributed by atoms with van der Waals surface area (Å²) in [4.78, 5) is 0. The van der Waals surface area contributed by atoms with Crippen molar-refractivity contribution in [1.82, 2.24) is 0 Å². The zero-order valence-electron chi connectivity index (χ0n) is 31.6. The van der Waals surface area contributed by atoms with E-state index in [2.05, 4.69) is 184 Å². The molecule has 0 amide bonds. The van der Waals surface area contributed by atoms with Crippen molar-refractivity contribution in [2.45, 2.75) is 38.0 Å². The van der Waals surface area contributed by atoms with Crippen molar-refractivity contribution >= 4 is 76.9 Å². The quantitative estimate of drug-likeness (QED) is 0.170. The minimum absolute atomic E-state index is 0.0178. The Morgan fingerprint density at radius 2 is 1.16 bits per heavy atom. The maximum atomic E-state index is 2.58. The smallest absolute Gasteiger partial charge is 0.0430 e. The fraction of sp³-hybridized carbons (Fsp3) is 0.127. The van der Waals surface area contributed by atoms with Gasteiger partial charge in [-0.25, -0.2) is 0 Å². The Morgan fingerprint density at radius 3 is 1.98 bits per heavy atom. The average molecular weight is 733 g/mol. The molecule has 1 heterocycles. The highest BCUT2D eigenvalue weighted by atomic mass is 32.1. The van der Waals surface area contributed by atoms with Gasteiger partial charge in [-0.1, -0.05) is 172 Å². The Hall–Kier alpha value is -6.02. The number of benzene rings is 8. The van der Waals surface area contributed by atoms with E-state index in [1.165, 1.54) is 108 Å². The lowest BCUT2D eigenvalue weighted by Crippen LogP contribution is -2.31. The summed E-state index contributed by atoms with van der Waals surface area (Å²) in [5.74, 6) is 0.648. The standard InChI is InChI=1S/C55H40S/c1-55(2)48-24-11-9-22-45(48)52-43-30-31-44-37-17-10-12-25-49(37)56-54(44)47(43)32-46(53(52)55)34-26-28-35(29-27-34)50-39-18-5-7-20-41(39)51(42-21-8-6-19-40(42)50)38-23-13-15-33-14-3-4-16-36(33)38/h3-5,7,9-32,52-53H,6,8H2,1-2H3. The van der Waals surface area contributed by atoms with Gasteiger partial charge in [-0.15, -0.1) is 11.3 Å². The fourth-order valence-corrected chi connectivity index (χ4v) is 12.2. The predicted octanol–water partition coefficient (Wildman–Crippen LogP) is 13.6. The zero-order valence-corrected chi connectivity index (χ0v) is 32.5. The van der Waals surface area contributed by atoms with E-state index in [0.29, 0.717) is 11.8 Å². The molecule has 9 aromatic rings. The van der Waals surface area contributed by atoms with Crippen molar-refractivity contribution in [2.75, 3.05) is 0 Å². The Bertz CT molecular complexity index is 3270. The Balaban J connectivity index is 1.07. The van der Waals surface area contributed by atoms with Gasteiger partial charge in [0.25, 0.3) is 0 Å². The molecule has 3 aliphatic carbocycles. The molecule has 56 heavy (non-hydrogen) atoms. The van der Waals surface area contributed by atoms with E-state index in [1.54, 1.807) is 0 Å². The van der Waals surface area contributed by atoms with Crippen LogP contribution in [0.15, 0.2) is 152 Å². The van der Waals surface area contributed by atoms with Crippen molar-refractivity contribution in [3.8, 4) is 22.3 Å². The van der Waals surface area contributed by atoms with E-state index in [-0.39, 0.29) is 5.41 Å². The largest absolute Gasteiger partial charge is 0.135 e. The second kappa shape index (κ2) is 12.0. The molecule has 0 saturated carbocycles. The van der Waals surface area contributed by atoms with Crippen LogP contribution in [-0.4, -0.2) is 0 Å². The number of rotatable bonds is 3. The molecule has 0 fully saturated rings. The van der Waals surface area contributed by atoms with Gasteiger partial charge >= 0.3 is 0 Å². The summed E-state index contributed by atoms with van der Waals surface area (Å²) in [5.41, 5.74) is 13.9. The van der Waals surface area contributed by atoms with Gasteiger partial charge in [0.1, 0.15) is 0 Å². The summed E-state index contributed by atoms with van der Waals surface area (Å²) < 4.78 is 2.77. The van der Waals surface area contributed by atoms with Crippen LogP contribution >= 0.6 is 11.3 Å². The molecule has 0 saturated heterocycles. The number of thiophene rings is 1. The molecule has 266 valence electrons. The second-order valence-corrected chi connectivity index (χ2v) is 17.7. The van der Waals surface area contributed by atoms with Crippen LogP contribution in [0, 0.1) is 5.92 Å². The Kier molecular flexibility index (Phi) is 6.90. The molecule has 2 unspecified atom stereocenters. The summed E-state index contributed by atoms with van der Waals surface area (Å²) in [6.45, 7) is 4.95. The first kappa shape index (κ1) is 32.2. The molecule has 12 rings (SSSR count). The number of hydrogen-bond donors (Lipinski definition) is 0. The monoisotopic (exact) mass is 732 g/mol. The first-order chi connectivity index (χ1) is 27.6. The predicted molar refractivity (Wildman–Crippen MR) is 242 cm³/mol. The molecule has 1 aromatic heterocycles. The molecule has 8 aromatic carbocycles. The van der Waals surface area contributed by atoms with Crippen LogP contribution in [-0.2, 0) is 5.41 Å². The maximum Gasteiger partial charge on any atom is 0.0430 e. The summed E-state index contributed by atoms with van der Waals surface area (Å²) in [5, 5.41) is 10.7. The van der Waals surface area contributed by atoms with Gasteiger partial charge in [0, 0.05) is 32.0 Å². The lowest BCUT2D eigenvalue weighted by Gasteiger charge is -2.38. The Labute approximate surface area is 331 Å². The van der Waals surface area contributed by atoms with Crippen LogP contribution in [0.5, 0.6) is 0 Å². The van der Waals surface area contributed by atoms with Gasteiger partial charge in [0.05, 0.1) is 0 Å².